The highest BCUT2D eigenvalue weighted by atomic mass is 32.1. The van der Waals surface area contributed by atoms with E-state index in [0.717, 1.165) is 0 Å². The summed E-state index contributed by atoms with van der Waals surface area (Å²) in [5.74, 6) is 0. The Morgan fingerprint density at radius 3 is 1.89 bits per heavy atom. The molecule has 3 aliphatic heterocycles. The summed E-state index contributed by atoms with van der Waals surface area (Å²) in [6.45, 7) is 39.2. The predicted octanol–water partition coefficient (Wildman–Crippen LogP) is 16.9. The van der Waals surface area contributed by atoms with Gasteiger partial charge in [-0.3, -0.25) is 0 Å². The number of aromatic nitrogens is 1. The number of benzene rings is 6. The minimum Gasteiger partial charge on any atom is -0.334 e. The van der Waals surface area contributed by atoms with Gasteiger partial charge in [-0.2, -0.15) is 0 Å². The molecule has 8 aromatic rings. The first-order valence-electron chi connectivity index (χ1n) is 27.5. The van der Waals surface area contributed by atoms with Crippen molar-refractivity contribution < 1.29 is 0 Å². The van der Waals surface area contributed by atoms with Gasteiger partial charge in [0.2, 0.25) is 0 Å². The molecule has 1 saturated carbocycles. The number of thiophene rings is 1. The van der Waals surface area contributed by atoms with Crippen LogP contribution in [-0.2, 0) is 32.5 Å². The lowest BCUT2D eigenvalue weighted by molar-refractivity contribution is 0.195. The van der Waals surface area contributed by atoms with Gasteiger partial charge < -0.3 is 14.4 Å². The highest BCUT2D eigenvalue weighted by Crippen LogP contribution is 2.62. The van der Waals surface area contributed by atoms with Crippen molar-refractivity contribution in [3.05, 3.63) is 136 Å². The molecule has 0 amide bonds. The minimum absolute atomic E-state index is 0.0266. The largest absolute Gasteiger partial charge is 0.334 e. The maximum atomic E-state index is 2.83. The molecule has 2 aromatic heterocycles. The van der Waals surface area contributed by atoms with E-state index in [1.807, 2.05) is 11.3 Å². The second kappa shape index (κ2) is 14.5. The van der Waals surface area contributed by atoms with Crippen LogP contribution in [-0.4, -0.2) is 16.8 Å². The number of anilines is 5. The average Bonchev–Trinajstić information content (AvgIpc) is 3.91. The average molecular weight is 966 g/mol. The molecule has 2 atom stereocenters. The number of aryl methyl sites for hydroxylation is 1. The Hall–Kier alpha value is -5.26. The first kappa shape index (κ1) is 46.5. The maximum Gasteiger partial charge on any atom is 0.252 e. The minimum atomic E-state index is -0.0984. The lowest BCUT2D eigenvalue weighted by atomic mass is 9.33. The molecule has 72 heavy (non-hydrogen) atoms. The highest BCUT2D eigenvalue weighted by Gasteiger charge is 2.58. The summed E-state index contributed by atoms with van der Waals surface area (Å²) in [5, 5.41) is 4.16. The predicted molar refractivity (Wildman–Crippen MR) is 314 cm³/mol. The fourth-order valence-electron chi connectivity index (χ4n) is 14.8. The zero-order valence-corrected chi connectivity index (χ0v) is 47.1. The molecule has 0 radical (unpaired) electrons. The summed E-state index contributed by atoms with van der Waals surface area (Å²) in [5.41, 5.74) is 23.8. The van der Waals surface area contributed by atoms with E-state index in [-0.39, 0.29) is 44.7 Å². The molecule has 0 N–H and O–H groups in total. The Kier molecular flexibility index (Phi) is 9.39. The maximum absolute atomic E-state index is 2.83. The molecule has 5 heterocycles. The summed E-state index contributed by atoms with van der Waals surface area (Å²) in [6.07, 6.45) is 7.28. The lowest BCUT2D eigenvalue weighted by Crippen LogP contribution is -2.61. The Balaban J connectivity index is 1.17. The van der Waals surface area contributed by atoms with Gasteiger partial charge in [-0.1, -0.05) is 158 Å². The van der Waals surface area contributed by atoms with Gasteiger partial charge in [0, 0.05) is 60.4 Å². The molecule has 0 bridgehead atoms. The molecule has 368 valence electrons. The van der Waals surface area contributed by atoms with Crippen molar-refractivity contribution in [3.8, 4) is 5.69 Å². The molecule has 5 heteroatoms. The van der Waals surface area contributed by atoms with Crippen LogP contribution in [0.2, 0.25) is 0 Å². The van der Waals surface area contributed by atoms with E-state index in [0.29, 0.717) is 0 Å². The van der Waals surface area contributed by atoms with Gasteiger partial charge in [-0.25, -0.2) is 0 Å². The molecule has 2 aliphatic carbocycles. The molecule has 1 fully saturated rings. The van der Waals surface area contributed by atoms with E-state index >= 15 is 0 Å². The van der Waals surface area contributed by atoms with Crippen molar-refractivity contribution in [1.82, 2.24) is 4.57 Å². The van der Waals surface area contributed by atoms with Crippen LogP contribution in [0.1, 0.15) is 181 Å². The second-order valence-corrected chi connectivity index (χ2v) is 29.1. The van der Waals surface area contributed by atoms with Gasteiger partial charge in [-0.15, -0.1) is 11.3 Å². The van der Waals surface area contributed by atoms with Crippen LogP contribution >= 0.6 is 11.3 Å². The summed E-state index contributed by atoms with van der Waals surface area (Å²) >= 11 is 1.97. The smallest absolute Gasteiger partial charge is 0.252 e. The topological polar surface area (TPSA) is 11.4 Å². The third-order valence-corrected chi connectivity index (χ3v) is 20.7. The quantitative estimate of drug-likeness (QED) is 0.160. The molecule has 5 aliphatic rings. The Morgan fingerprint density at radius 1 is 0.528 bits per heavy atom. The van der Waals surface area contributed by atoms with Crippen LogP contribution in [0.25, 0.3) is 36.9 Å². The lowest BCUT2D eigenvalue weighted by Gasteiger charge is -2.50. The van der Waals surface area contributed by atoms with Crippen LogP contribution in [0.3, 0.4) is 0 Å². The van der Waals surface area contributed by atoms with Gasteiger partial charge in [-0.05, 0) is 170 Å². The molecular formula is C67H76BN3S. The third kappa shape index (κ3) is 6.15. The summed E-state index contributed by atoms with van der Waals surface area (Å²) in [6, 6.07) is 40.1. The number of nitrogens with zero attached hydrogens (tertiary/aromatic N) is 3. The first-order chi connectivity index (χ1) is 33.7. The standard InChI is InChI=1S/C67H76BN3S/c1-39-31-46-47(65(13,14)30-29-64(46,11)12)38-52(39)69-53-37-43(71-51-26-23-40(61(2,3)4)33-48(51)66(15)27-19-20-28-67(66,71)16)24-25-49(53)68-50-34-41(62(5,6)7)32-45-57-44-21-17-18-22-56(44)72-60(57)70(59(45)50)55-36-42(63(8,9)10)35-54(69)58(55)68/h17-18,21-26,31-38H,19-20,27-30H2,1-16H3. The van der Waals surface area contributed by atoms with Crippen molar-refractivity contribution in [2.45, 2.75) is 187 Å². The Morgan fingerprint density at radius 2 is 1.18 bits per heavy atom. The van der Waals surface area contributed by atoms with E-state index < -0.39 is 0 Å². The summed E-state index contributed by atoms with van der Waals surface area (Å²) < 4.78 is 4.08. The second-order valence-electron chi connectivity index (χ2n) is 28.1. The monoisotopic (exact) mass is 966 g/mol. The number of hydrogen-bond acceptors (Lipinski definition) is 3. The summed E-state index contributed by atoms with van der Waals surface area (Å²) in [4.78, 5) is 6.96. The number of fused-ring (bicyclic) bond motifs is 13. The van der Waals surface area contributed by atoms with Crippen LogP contribution in [0.5, 0.6) is 0 Å². The fraction of sp³-hybridized carbons (Fsp3) is 0.433. The van der Waals surface area contributed by atoms with Crippen molar-refractivity contribution in [3.63, 3.8) is 0 Å². The van der Waals surface area contributed by atoms with Gasteiger partial charge in [0.1, 0.15) is 4.83 Å². The molecule has 0 spiro atoms. The van der Waals surface area contributed by atoms with E-state index in [1.54, 1.807) is 0 Å². The zero-order chi connectivity index (χ0) is 50.8. The summed E-state index contributed by atoms with van der Waals surface area (Å²) in [7, 11) is 0. The van der Waals surface area contributed by atoms with Crippen LogP contribution < -0.4 is 26.2 Å². The van der Waals surface area contributed by atoms with E-state index in [9.17, 15) is 0 Å². The third-order valence-electron chi connectivity index (χ3n) is 19.6. The van der Waals surface area contributed by atoms with Crippen molar-refractivity contribution in [2.24, 2.45) is 0 Å². The van der Waals surface area contributed by atoms with E-state index in [4.69, 9.17) is 0 Å². The number of hydrogen-bond donors (Lipinski definition) is 0. The van der Waals surface area contributed by atoms with E-state index in [2.05, 4.69) is 222 Å². The van der Waals surface area contributed by atoms with E-state index in [1.165, 1.54) is 159 Å². The molecule has 2 unspecified atom stereocenters. The van der Waals surface area contributed by atoms with Gasteiger partial charge >= 0.3 is 0 Å². The van der Waals surface area contributed by atoms with Crippen molar-refractivity contribution >= 4 is 94.1 Å². The van der Waals surface area contributed by atoms with Crippen molar-refractivity contribution in [2.75, 3.05) is 9.80 Å². The Labute approximate surface area is 435 Å². The SMILES string of the molecule is Cc1cc2c(cc1N1c3cc(N4c5ccc(C(C)(C)C)cc5C5(C)CCCCC45C)ccc3B3c4c1cc(C(C)(C)C)cc4-n1c4sc5ccccc5c4c4cc(C(C)(C)C)cc3c41)C(C)(C)CCC2(C)C. The molecule has 3 nitrogen and oxygen atoms in total. The normalized spacial score (nSPS) is 21.8. The molecule has 6 aromatic carbocycles. The van der Waals surface area contributed by atoms with Crippen LogP contribution in [0.4, 0.5) is 28.4 Å². The van der Waals surface area contributed by atoms with Crippen LogP contribution in [0, 0.1) is 6.92 Å². The van der Waals surface area contributed by atoms with Gasteiger partial charge in [0.05, 0.1) is 11.1 Å². The van der Waals surface area contributed by atoms with Crippen molar-refractivity contribution in [1.29, 1.82) is 0 Å². The van der Waals surface area contributed by atoms with Crippen LogP contribution in [0.15, 0.2) is 97.1 Å². The fourth-order valence-corrected chi connectivity index (χ4v) is 16.0. The first-order valence-corrected chi connectivity index (χ1v) is 28.3. The van der Waals surface area contributed by atoms with Gasteiger partial charge in [0.15, 0.2) is 0 Å². The Bertz CT molecular complexity index is 3670. The van der Waals surface area contributed by atoms with Gasteiger partial charge in [0.25, 0.3) is 6.71 Å². The number of rotatable bonds is 2. The molecular weight excluding hydrogens is 890 g/mol. The zero-order valence-electron chi connectivity index (χ0n) is 46.3. The molecule has 0 saturated heterocycles. The highest BCUT2D eigenvalue weighted by molar-refractivity contribution is 7.26. The molecule has 13 rings (SSSR count).